The van der Waals surface area contributed by atoms with Crippen LogP contribution in [0.2, 0.25) is 11.5 Å². The van der Waals surface area contributed by atoms with Crippen LogP contribution in [0.3, 0.4) is 0 Å². The van der Waals surface area contributed by atoms with Gasteiger partial charge in [0, 0.05) is 0 Å². The Labute approximate surface area is 127 Å². The Balaban J connectivity index is 5.65. The first-order chi connectivity index (χ1) is 8.34. The zero-order chi connectivity index (χ0) is 15.6. The van der Waals surface area contributed by atoms with E-state index in [4.69, 9.17) is 0 Å². The Hall–Kier alpha value is 0.413. The second kappa shape index (κ2) is 6.45. The van der Waals surface area contributed by atoms with Crippen LogP contribution in [0, 0.1) is 22.2 Å². The maximum atomic E-state index is 2.50. The van der Waals surface area contributed by atoms with Crippen molar-refractivity contribution in [2.24, 2.45) is 22.2 Å². The Bertz CT molecular complexity index is 328. The molecule has 1 unspecified atom stereocenters. The summed E-state index contributed by atoms with van der Waals surface area (Å²) < 4.78 is 1.80. The van der Waals surface area contributed by atoms with Gasteiger partial charge in [0.15, 0.2) is 0 Å². The van der Waals surface area contributed by atoms with E-state index >= 15 is 0 Å². The zero-order valence-electron chi connectivity index (χ0n) is 15.5. The first-order valence-corrected chi connectivity index (χ1v) is 13.2. The van der Waals surface area contributed by atoms with E-state index in [0.717, 1.165) is 5.92 Å². The zero-order valence-corrected chi connectivity index (χ0v) is 17.6. The molecule has 0 saturated carbocycles. The molecule has 0 aromatic rings. The molecule has 1 heteroatoms. The van der Waals surface area contributed by atoms with Gasteiger partial charge in [-0.2, -0.15) is 0 Å². The van der Waals surface area contributed by atoms with Gasteiger partial charge in [0.25, 0.3) is 0 Å². The molecule has 0 saturated heterocycles. The molecule has 0 aliphatic carbocycles. The van der Waals surface area contributed by atoms with Crippen molar-refractivity contribution in [3.63, 3.8) is 0 Å². The third-order valence-electron chi connectivity index (χ3n) is 6.81. The molecule has 114 valence electrons. The van der Waals surface area contributed by atoms with Gasteiger partial charge in [-0.05, 0) is 0 Å². The third-order valence-corrected chi connectivity index (χ3v) is 11.3. The summed E-state index contributed by atoms with van der Waals surface area (Å²) in [7, 11) is 0. The van der Waals surface area contributed by atoms with Gasteiger partial charge in [-0.15, -0.1) is 0 Å². The van der Waals surface area contributed by atoms with Gasteiger partial charge in [0.1, 0.15) is 0 Å². The van der Waals surface area contributed by atoms with E-state index in [1.165, 1.54) is 12.8 Å². The van der Waals surface area contributed by atoms with Crippen molar-refractivity contribution in [3.8, 4) is 0 Å². The van der Waals surface area contributed by atoms with Gasteiger partial charge < -0.3 is 0 Å². The molecule has 0 aliphatic rings. The van der Waals surface area contributed by atoms with E-state index in [1.54, 1.807) is 4.35 Å². The van der Waals surface area contributed by atoms with E-state index in [-0.39, 0.29) is 0 Å². The molecular formula is C18H38Ge. The molecule has 1 atom stereocenters. The Morgan fingerprint density at radius 1 is 1.00 bits per heavy atom. The molecule has 0 amide bonds. The molecule has 0 N–H and O–H groups in total. The monoisotopic (exact) mass is 328 g/mol. The normalized spacial score (nSPS) is 15.3. The fraction of sp³-hybridized carbons (Fsp3) is 0.944. The average molecular weight is 327 g/mol. The molecule has 0 spiro atoms. The van der Waals surface area contributed by atoms with Crippen LogP contribution in [-0.4, -0.2) is 18.3 Å². The second-order valence-corrected chi connectivity index (χ2v) is 14.1. The first kappa shape index (κ1) is 19.4. The fourth-order valence-corrected chi connectivity index (χ4v) is 6.59. The average Bonchev–Trinajstić information content (AvgIpc) is 2.27. The minimum atomic E-state index is -0.962. The van der Waals surface area contributed by atoms with E-state index in [9.17, 15) is 0 Å². The van der Waals surface area contributed by atoms with Crippen molar-refractivity contribution in [1.82, 2.24) is 0 Å². The Morgan fingerprint density at radius 2 is 1.42 bits per heavy atom. The summed E-state index contributed by atoms with van der Waals surface area (Å²) in [4.78, 5) is 0. The number of hydrogen-bond donors (Lipinski definition) is 0. The summed E-state index contributed by atoms with van der Waals surface area (Å²) in [5, 5.41) is 0. The van der Waals surface area contributed by atoms with Crippen molar-refractivity contribution in [2.45, 2.75) is 86.7 Å². The van der Waals surface area contributed by atoms with Crippen LogP contribution in [-0.2, 0) is 0 Å². The molecule has 0 rings (SSSR count). The predicted molar refractivity (Wildman–Crippen MR) is 93.6 cm³/mol. The molecule has 0 aromatic carbocycles. The SMILES string of the molecule is CCCC(C)C(C)(C)C(C)(C)C(C)(C)[C](C)=[Ge]([CH3])[CH3]. The van der Waals surface area contributed by atoms with Crippen LogP contribution in [0.25, 0.3) is 0 Å². The quantitative estimate of drug-likeness (QED) is 0.523. The van der Waals surface area contributed by atoms with Crippen LogP contribution >= 0.6 is 0 Å². The first-order valence-electron chi connectivity index (χ1n) is 7.98. The Kier molecular flexibility index (Phi) is 6.59. The Morgan fingerprint density at radius 3 is 1.74 bits per heavy atom. The van der Waals surface area contributed by atoms with Gasteiger partial charge in [-0.1, -0.05) is 0 Å². The molecular weight excluding hydrogens is 289 g/mol. The van der Waals surface area contributed by atoms with Crippen LogP contribution in [0.4, 0.5) is 0 Å². The summed E-state index contributed by atoms with van der Waals surface area (Å²) in [5.74, 6) is 5.77. The van der Waals surface area contributed by atoms with Crippen LogP contribution < -0.4 is 0 Å². The van der Waals surface area contributed by atoms with E-state index < -0.39 is 13.9 Å². The second-order valence-electron chi connectivity index (χ2n) is 8.29. The summed E-state index contributed by atoms with van der Waals surface area (Å²) in [6, 6.07) is 0. The molecule has 19 heavy (non-hydrogen) atoms. The summed E-state index contributed by atoms with van der Waals surface area (Å²) in [6.45, 7) is 22.2. The predicted octanol–water partition coefficient (Wildman–Crippen LogP) is 6.03. The van der Waals surface area contributed by atoms with E-state index in [1.807, 2.05) is 0 Å². The molecule has 0 bridgehead atoms. The standard InChI is InChI=1S/C18H38Ge/c1-12-13-14(2)16(4,5)18(8,9)17(6,7)15(3)19(10)11/h14H,12-13H2,1-11H3. The van der Waals surface area contributed by atoms with Gasteiger partial charge in [-0.25, -0.2) is 0 Å². The van der Waals surface area contributed by atoms with E-state index in [2.05, 4.69) is 73.8 Å². The number of rotatable bonds is 6. The van der Waals surface area contributed by atoms with Crippen molar-refractivity contribution >= 4 is 18.3 Å². The molecule has 0 heterocycles. The summed E-state index contributed by atoms with van der Waals surface area (Å²) in [5.41, 5.74) is 1.02. The van der Waals surface area contributed by atoms with Crippen LogP contribution in [0.1, 0.15) is 75.2 Å². The van der Waals surface area contributed by atoms with Crippen molar-refractivity contribution in [2.75, 3.05) is 0 Å². The maximum absolute atomic E-state index is 2.50. The fourth-order valence-electron chi connectivity index (χ4n) is 3.31. The van der Waals surface area contributed by atoms with Gasteiger partial charge in [0.05, 0.1) is 0 Å². The molecule has 0 radical (unpaired) electrons. The van der Waals surface area contributed by atoms with E-state index in [0.29, 0.717) is 16.2 Å². The van der Waals surface area contributed by atoms with Gasteiger partial charge >= 0.3 is 127 Å². The molecule has 0 aromatic heterocycles. The van der Waals surface area contributed by atoms with Crippen molar-refractivity contribution < 1.29 is 0 Å². The molecule has 0 nitrogen and oxygen atoms in total. The van der Waals surface area contributed by atoms with Gasteiger partial charge in [0.2, 0.25) is 0 Å². The minimum absolute atomic E-state index is 0.322. The van der Waals surface area contributed by atoms with Crippen LogP contribution in [0.5, 0.6) is 0 Å². The summed E-state index contributed by atoms with van der Waals surface area (Å²) >= 11 is -0.962. The molecule has 0 fully saturated rings. The van der Waals surface area contributed by atoms with Crippen molar-refractivity contribution in [3.05, 3.63) is 0 Å². The van der Waals surface area contributed by atoms with Gasteiger partial charge in [-0.3, -0.25) is 0 Å². The molecule has 0 aliphatic heterocycles. The third kappa shape index (κ3) is 3.54. The summed E-state index contributed by atoms with van der Waals surface area (Å²) in [6.07, 6.45) is 2.64. The van der Waals surface area contributed by atoms with Crippen molar-refractivity contribution in [1.29, 1.82) is 0 Å². The number of hydrogen-bond acceptors (Lipinski definition) is 0. The van der Waals surface area contributed by atoms with Crippen LogP contribution in [0.15, 0.2) is 0 Å². The topological polar surface area (TPSA) is 0 Å².